The second kappa shape index (κ2) is 16.5. The maximum atomic E-state index is 15.5. The Hall–Kier alpha value is -5.74. The minimum Gasteiger partial charge on any atom is -0.456 e. The van der Waals surface area contributed by atoms with Crippen LogP contribution >= 0.6 is 0 Å². The summed E-state index contributed by atoms with van der Waals surface area (Å²) in [6, 6.07) is 22.9. The summed E-state index contributed by atoms with van der Waals surface area (Å²) in [5.74, 6) is -6.84. The van der Waals surface area contributed by atoms with Crippen LogP contribution in [0.2, 0.25) is 0 Å². The van der Waals surface area contributed by atoms with Crippen molar-refractivity contribution in [1.29, 1.82) is 0 Å². The fourth-order valence-electron chi connectivity index (χ4n) is 10.2. The summed E-state index contributed by atoms with van der Waals surface area (Å²) in [4.78, 5) is 83.5. The molecule has 0 aromatic heterocycles. The van der Waals surface area contributed by atoms with Gasteiger partial charge < -0.3 is 44.3 Å². The van der Waals surface area contributed by atoms with E-state index in [2.05, 4.69) is 5.32 Å². The van der Waals surface area contributed by atoms with Crippen LogP contribution in [0.5, 0.6) is 0 Å². The number of fused-ring (bicyclic) bond motifs is 5. The highest BCUT2D eigenvalue weighted by Gasteiger charge is 2.78. The molecule has 3 aromatic carbocycles. The number of carbonyl (C=O) groups is 6. The van der Waals surface area contributed by atoms with Crippen molar-refractivity contribution in [3.8, 4) is 0 Å². The summed E-state index contributed by atoms with van der Waals surface area (Å²) in [6.07, 6.45) is -10.5. The number of Topliss-reactive ketones (excluding diaryl/α,β-unsaturated/α-hetero) is 1. The minimum atomic E-state index is -2.39. The summed E-state index contributed by atoms with van der Waals surface area (Å²) in [7, 11) is 0. The van der Waals surface area contributed by atoms with E-state index in [9.17, 15) is 39.3 Å². The van der Waals surface area contributed by atoms with E-state index in [1.165, 1.54) is 26.0 Å². The standard InChI is InChI=1S/C47H51NO14/c1-25-31(60-43(56)36(52)35(28-16-10-7-11-17-28)48-41(54)29-18-12-8-13-19-29)23-47(57)40(61-42(55)30-20-14-9-15-21-30)38-45(6,32(51)22-33-46(38,24-58-33)62-27(3)50)39(53)37(59-26(2)49)34(25)44(47,4)5/h7-21,31-33,35-38,40,51-52,57H,22-24H2,1-6H3,(H,48,54)/t31-,32-,33+,35+,36+,37+,38?,40-,45+,46-,47+/m0/s1. The molecule has 1 aliphatic heterocycles. The molecular formula is C47H51NO14. The van der Waals surface area contributed by atoms with Crippen LogP contribution < -0.4 is 5.32 Å². The van der Waals surface area contributed by atoms with Crippen LogP contribution in [0.1, 0.15) is 86.7 Å². The first-order valence-corrected chi connectivity index (χ1v) is 20.5. The third-order valence-electron chi connectivity index (χ3n) is 13.5. The van der Waals surface area contributed by atoms with E-state index >= 15 is 4.79 Å². The van der Waals surface area contributed by atoms with Gasteiger partial charge >= 0.3 is 23.9 Å². The molecule has 11 atom stereocenters. The average molecular weight is 854 g/mol. The van der Waals surface area contributed by atoms with Crippen molar-refractivity contribution in [3.05, 3.63) is 119 Å². The molecule has 3 aliphatic carbocycles. The Morgan fingerprint density at radius 2 is 1.40 bits per heavy atom. The highest BCUT2D eigenvalue weighted by molar-refractivity contribution is 5.96. The lowest BCUT2D eigenvalue weighted by Gasteiger charge is -2.67. The Bertz CT molecular complexity index is 2280. The number of ether oxygens (including phenoxy) is 5. The first-order chi connectivity index (χ1) is 29.3. The van der Waals surface area contributed by atoms with E-state index < -0.39 is 113 Å². The van der Waals surface area contributed by atoms with E-state index in [1.54, 1.807) is 92.7 Å². The Labute approximate surface area is 358 Å². The molecule has 1 unspecified atom stereocenters. The van der Waals surface area contributed by atoms with Crippen LogP contribution in [0.3, 0.4) is 0 Å². The Balaban J connectivity index is 1.39. The van der Waals surface area contributed by atoms with E-state index in [1.807, 2.05) is 0 Å². The number of hydrogen-bond acceptors (Lipinski definition) is 14. The fraction of sp³-hybridized carbons (Fsp3) is 0.447. The first kappa shape index (κ1) is 44.3. The maximum absolute atomic E-state index is 15.5. The molecule has 15 nitrogen and oxygen atoms in total. The number of rotatable bonds is 10. The normalized spacial score (nSPS) is 31.9. The monoisotopic (exact) mass is 853 g/mol. The molecule has 2 bridgehead atoms. The van der Waals surface area contributed by atoms with Crippen LogP contribution in [0.4, 0.5) is 0 Å². The zero-order valence-corrected chi connectivity index (χ0v) is 35.2. The zero-order chi connectivity index (χ0) is 44.9. The molecule has 4 aliphatic rings. The molecule has 1 saturated heterocycles. The lowest BCUT2D eigenvalue weighted by molar-refractivity contribution is -0.346. The number of carbonyl (C=O) groups excluding carboxylic acids is 6. The summed E-state index contributed by atoms with van der Waals surface area (Å²) >= 11 is 0. The van der Waals surface area contributed by atoms with Crippen LogP contribution in [0.15, 0.2) is 102 Å². The molecule has 4 N–H and O–H groups in total. The number of aliphatic hydroxyl groups excluding tert-OH is 2. The smallest absolute Gasteiger partial charge is 0.338 e. The molecular weight excluding hydrogens is 803 g/mol. The molecule has 7 rings (SSSR count). The van der Waals surface area contributed by atoms with Gasteiger partial charge in [0.15, 0.2) is 23.6 Å². The van der Waals surface area contributed by atoms with Gasteiger partial charge in [0.1, 0.15) is 23.9 Å². The molecule has 2 saturated carbocycles. The minimum absolute atomic E-state index is 0.00289. The third kappa shape index (κ3) is 7.29. The Kier molecular flexibility index (Phi) is 11.8. The molecule has 1 amide bonds. The van der Waals surface area contributed by atoms with Gasteiger partial charge in [-0.3, -0.25) is 19.2 Å². The number of amides is 1. The summed E-state index contributed by atoms with van der Waals surface area (Å²) in [5, 5.41) is 40.2. The van der Waals surface area contributed by atoms with Crippen LogP contribution in [-0.2, 0) is 42.9 Å². The van der Waals surface area contributed by atoms with Crippen molar-refractivity contribution >= 4 is 35.6 Å². The lowest BCUT2D eigenvalue weighted by Crippen LogP contribution is -2.82. The van der Waals surface area contributed by atoms with Crippen molar-refractivity contribution in [1.82, 2.24) is 5.32 Å². The molecule has 1 heterocycles. The first-order valence-electron chi connectivity index (χ1n) is 20.5. The summed E-state index contributed by atoms with van der Waals surface area (Å²) in [5.41, 5.74) is -7.02. The number of benzene rings is 3. The molecule has 3 aromatic rings. The van der Waals surface area contributed by atoms with E-state index in [4.69, 9.17) is 23.7 Å². The van der Waals surface area contributed by atoms with Gasteiger partial charge in [-0.2, -0.15) is 0 Å². The molecule has 3 fully saturated rings. The van der Waals surface area contributed by atoms with E-state index in [0.29, 0.717) is 5.56 Å². The second-order valence-electron chi connectivity index (χ2n) is 17.4. The van der Waals surface area contributed by atoms with Crippen molar-refractivity contribution in [2.24, 2.45) is 16.7 Å². The predicted octanol–water partition coefficient (Wildman–Crippen LogP) is 3.74. The van der Waals surface area contributed by atoms with Gasteiger partial charge in [-0.05, 0) is 54.8 Å². The average Bonchev–Trinajstić information content (AvgIpc) is 3.24. The number of nitrogens with one attached hydrogen (secondary N) is 1. The van der Waals surface area contributed by atoms with Gasteiger partial charge in [-0.15, -0.1) is 0 Å². The van der Waals surface area contributed by atoms with Crippen LogP contribution in [0, 0.1) is 16.7 Å². The number of ketones is 1. The van der Waals surface area contributed by atoms with Crippen molar-refractivity contribution in [3.63, 3.8) is 0 Å². The van der Waals surface area contributed by atoms with Gasteiger partial charge in [0, 0.05) is 37.7 Å². The Morgan fingerprint density at radius 3 is 1.95 bits per heavy atom. The highest BCUT2D eigenvalue weighted by Crippen LogP contribution is 2.64. The number of esters is 4. The lowest BCUT2D eigenvalue weighted by atomic mass is 9.44. The molecule has 15 heteroatoms. The fourth-order valence-corrected chi connectivity index (χ4v) is 10.2. The zero-order valence-electron chi connectivity index (χ0n) is 35.2. The van der Waals surface area contributed by atoms with Crippen LogP contribution in [0.25, 0.3) is 0 Å². The third-order valence-corrected chi connectivity index (χ3v) is 13.5. The highest BCUT2D eigenvalue weighted by atomic mass is 16.6. The molecule has 328 valence electrons. The van der Waals surface area contributed by atoms with Gasteiger partial charge in [-0.1, -0.05) is 80.6 Å². The molecule has 0 radical (unpaired) electrons. The molecule has 62 heavy (non-hydrogen) atoms. The Morgan fingerprint density at radius 1 is 0.823 bits per heavy atom. The summed E-state index contributed by atoms with van der Waals surface area (Å²) < 4.78 is 30.3. The quantitative estimate of drug-likeness (QED) is 0.130. The van der Waals surface area contributed by atoms with Crippen molar-refractivity contribution in [2.45, 2.75) is 108 Å². The van der Waals surface area contributed by atoms with Gasteiger partial charge in [-0.25, -0.2) is 9.59 Å². The van der Waals surface area contributed by atoms with Crippen molar-refractivity contribution in [2.75, 3.05) is 6.61 Å². The van der Waals surface area contributed by atoms with Gasteiger partial charge in [0.05, 0.1) is 35.6 Å². The van der Waals surface area contributed by atoms with Crippen LogP contribution in [-0.4, -0.2) is 105 Å². The van der Waals surface area contributed by atoms with E-state index in [0.717, 1.165) is 13.8 Å². The van der Waals surface area contributed by atoms with Crippen molar-refractivity contribution < 1.29 is 67.8 Å². The van der Waals surface area contributed by atoms with Gasteiger partial charge in [0.2, 0.25) is 0 Å². The number of hydrogen-bond donors (Lipinski definition) is 4. The largest absolute Gasteiger partial charge is 0.456 e. The second-order valence-corrected chi connectivity index (χ2v) is 17.4. The topological polar surface area (TPSA) is 221 Å². The predicted molar refractivity (Wildman–Crippen MR) is 218 cm³/mol. The maximum Gasteiger partial charge on any atom is 0.338 e. The summed E-state index contributed by atoms with van der Waals surface area (Å²) in [6.45, 7) is 7.97. The number of aliphatic hydroxyl groups is 3. The van der Waals surface area contributed by atoms with Gasteiger partial charge in [0.25, 0.3) is 5.91 Å². The molecule has 0 spiro atoms. The SMILES string of the molecule is CC(=O)O[C@H]1C(=O)[C@@]2(C)C([C@H](OC(=O)c3ccccc3)[C@]3(O)C[C@H](OC(=O)[C@H](O)[C@H](NC(=O)c4ccccc4)c4ccccc4)C(C)=C1C3(C)C)[C@]1(OC(C)=O)CO[C@@H]1C[C@@H]2O. The van der Waals surface area contributed by atoms with E-state index in [-0.39, 0.29) is 35.3 Å².